The molecule has 21 heavy (non-hydrogen) atoms. The van der Waals surface area contributed by atoms with Gasteiger partial charge in [-0.3, -0.25) is 4.79 Å². The van der Waals surface area contributed by atoms with Crippen LogP contribution >= 0.6 is 0 Å². The topological polar surface area (TPSA) is 58.6 Å². The first-order chi connectivity index (χ1) is 10.2. The molecular formula is C16H24N2O3. The van der Waals surface area contributed by atoms with Crippen molar-refractivity contribution in [3.8, 4) is 0 Å². The highest BCUT2D eigenvalue weighted by atomic mass is 16.5. The van der Waals surface area contributed by atoms with Gasteiger partial charge in [0.1, 0.15) is 11.6 Å². The molecular weight excluding hydrogens is 268 g/mol. The molecule has 3 heterocycles. The number of ether oxygens (including phenoxy) is 1. The van der Waals surface area contributed by atoms with E-state index in [0.717, 1.165) is 38.6 Å². The van der Waals surface area contributed by atoms with E-state index < -0.39 is 11.6 Å². The van der Waals surface area contributed by atoms with E-state index in [-0.39, 0.29) is 17.9 Å². The number of hydrogen-bond acceptors (Lipinski definition) is 4. The van der Waals surface area contributed by atoms with E-state index in [1.807, 2.05) is 6.08 Å². The Morgan fingerprint density at radius 1 is 1.52 bits per heavy atom. The molecule has 0 bridgehead atoms. The fraction of sp³-hybridized carbons (Fsp3) is 0.750. The van der Waals surface area contributed by atoms with Crippen molar-refractivity contribution in [1.29, 1.82) is 0 Å². The monoisotopic (exact) mass is 292 g/mol. The number of unbranched alkanes of at least 4 members (excludes halogenated alkanes) is 1. The van der Waals surface area contributed by atoms with Crippen LogP contribution in [0.1, 0.15) is 45.4 Å². The van der Waals surface area contributed by atoms with Crippen LogP contribution in [-0.2, 0) is 14.3 Å². The Balaban J connectivity index is 1.73. The molecule has 116 valence electrons. The maximum Gasteiger partial charge on any atom is 0.328 e. The number of amides is 1. The lowest BCUT2D eigenvalue weighted by atomic mass is 9.90. The second-order valence-electron chi connectivity index (χ2n) is 6.25. The average Bonchev–Trinajstić information content (AvgIpc) is 3.11. The van der Waals surface area contributed by atoms with Crippen molar-refractivity contribution in [2.45, 2.75) is 63.1 Å². The lowest BCUT2D eigenvalue weighted by molar-refractivity contribution is -0.156. The van der Waals surface area contributed by atoms with Gasteiger partial charge in [0.2, 0.25) is 5.91 Å². The number of carbonyl (C=O) groups excluding carboxylic acids is 2. The fourth-order valence-electron chi connectivity index (χ4n) is 3.63. The largest absolute Gasteiger partial charge is 0.464 e. The summed E-state index contributed by atoms with van der Waals surface area (Å²) in [6.45, 7) is 3.38. The Hall–Kier alpha value is -1.36. The first-order valence-corrected chi connectivity index (χ1v) is 8.12. The van der Waals surface area contributed by atoms with Gasteiger partial charge in [-0.25, -0.2) is 4.79 Å². The number of carbonyl (C=O) groups is 2. The van der Waals surface area contributed by atoms with Crippen molar-refractivity contribution in [1.82, 2.24) is 10.2 Å². The molecule has 2 saturated heterocycles. The number of esters is 1. The fourth-order valence-corrected chi connectivity index (χ4v) is 3.63. The van der Waals surface area contributed by atoms with Crippen LogP contribution in [0, 0.1) is 0 Å². The van der Waals surface area contributed by atoms with E-state index in [1.165, 1.54) is 0 Å². The summed E-state index contributed by atoms with van der Waals surface area (Å²) in [4.78, 5) is 26.9. The lowest BCUT2D eigenvalue weighted by Gasteiger charge is -2.39. The van der Waals surface area contributed by atoms with Crippen LogP contribution in [0.25, 0.3) is 0 Å². The standard InChI is InChI=1S/C16H24N2O3/c1-2-3-11-21-14(19)13-6-5-12-7-9-16(8-4-10-17-16)15(20)18(12)13/h7,9,12-13,17H,2-6,8,10-11H2,1H3/t12-,13-,16+/m0/s1. The molecule has 0 unspecified atom stereocenters. The second kappa shape index (κ2) is 5.79. The third kappa shape index (κ3) is 2.48. The van der Waals surface area contributed by atoms with E-state index in [4.69, 9.17) is 4.74 Å². The van der Waals surface area contributed by atoms with E-state index >= 15 is 0 Å². The molecule has 1 amide bonds. The van der Waals surface area contributed by atoms with Crippen molar-refractivity contribution in [3.05, 3.63) is 12.2 Å². The summed E-state index contributed by atoms with van der Waals surface area (Å²) in [7, 11) is 0. The number of hydrogen-bond donors (Lipinski definition) is 1. The molecule has 0 aromatic carbocycles. The van der Waals surface area contributed by atoms with Crippen LogP contribution in [0.4, 0.5) is 0 Å². The molecule has 3 aliphatic rings. The number of nitrogens with zero attached hydrogens (tertiary/aromatic N) is 1. The second-order valence-corrected chi connectivity index (χ2v) is 6.25. The van der Waals surface area contributed by atoms with E-state index in [0.29, 0.717) is 13.0 Å². The molecule has 1 spiro atoms. The predicted molar refractivity (Wildman–Crippen MR) is 78.6 cm³/mol. The minimum Gasteiger partial charge on any atom is -0.464 e. The Bertz CT molecular complexity index is 454. The van der Waals surface area contributed by atoms with Crippen LogP contribution in [0.15, 0.2) is 12.2 Å². The average molecular weight is 292 g/mol. The highest BCUT2D eigenvalue weighted by molar-refractivity contribution is 5.94. The number of nitrogens with one attached hydrogen (secondary N) is 1. The van der Waals surface area contributed by atoms with Crippen LogP contribution in [-0.4, -0.2) is 47.6 Å². The van der Waals surface area contributed by atoms with Crippen molar-refractivity contribution < 1.29 is 14.3 Å². The highest BCUT2D eigenvalue weighted by Crippen LogP contribution is 2.36. The first kappa shape index (κ1) is 14.6. The van der Waals surface area contributed by atoms with Gasteiger partial charge in [0.05, 0.1) is 12.6 Å². The van der Waals surface area contributed by atoms with Gasteiger partial charge >= 0.3 is 5.97 Å². The smallest absolute Gasteiger partial charge is 0.328 e. The Morgan fingerprint density at radius 2 is 2.38 bits per heavy atom. The summed E-state index contributed by atoms with van der Waals surface area (Å²) in [5.74, 6) is -0.176. The number of rotatable bonds is 4. The normalized spacial score (nSPS) is 34.5. The van der Waals surface area contributed by atoms with Gasteiger partial charge in [0, 0.05) is 0 Å². The van der Waals surface area contributed by atoms with Gasteiger partial charge in [-0.05, 0) is 38.6 Å². The zero-order valence-electron chi connectivity index (χ0n) is 12.6. The maximum absolute atomic E-state index is 12.9. The van der Waals surface area contributed by atoms with Crippen LogP contribution in [0.5, 0.6) is 0 Å². The number of fused-ring (bicyclic) bond motifs is 1. The molecule has 0 aromatic heterocycles. The first-order valence-electron chi connectivity index (χ1n) is 8.12. The molecule has 3 aliphatic heterocycles. The quantitative estimate of drug-likeness (QED) is 0.483. The van der Waals surface area contributed by atoms with Crippen molar-refractivity contribution in [2.75, 3.05) is 13.2 Å². The SMILES string of the molecule is CCCCOC(=O)[C@@H]1CC[C@H]2C=C[C@]3(CCCN3)C(=O)N21. The minimum atomic E-state index is -0.567. The van der Waals surface area contributed by atoms with Crippen LogP contribution < -0.4 is 5.32 Å². The maximum atomic E-state index is 12.9. The molecule has 5 heteroatoms. The Morgan fingerprint density at radius 3 is 3.10 bits per heavy atom. The van der Waals surface area contributed by atoms with Gasteiger partial charge in [-0.2, -0.15) is 0 Å². The van der Waals surface area contributed by atoms with Crippen molar-refractivity contribution in [2.24, 2.45) is 0 Å². The van der Waals surface area contributed by atoms with Crippen LogP contribution in [0.3, 0.4) is 0 Å². The van der Waals surface area contributed by atoms with Gasteiger partial charge in [0.25, 0.3) is 0 Å². The van der Waals surface area contributed by atoms with E-state index in [2.05, 4.69) is 18.3 Å². The molecule has 2 fully saturated rings. The Labute approximate surface area is 125 Å². The summed E-state index contributed by atoms with van der Waals surface area (Å²) in [5.41, 5.74) is -0.567. The third-order valence-electron chi connectivity index (χ3n) is 4.85. The molecule has 1 N–H and O–H groups in total. The van der Waals surface area contributed by atoms with Crippen LogP contribution in [0.2, 0.25) is 0 Å². The van der Waals surface area contributed by atoms with Gasteiger partial charge in [-0.1, -0.05) is 25.5 Å². The molecule has 0 aliphatic carbocycles. The van der Waals surface area contributed by atoms with E-state index in [1.54, 1.807) is 4.90 Å². The van der Waals surface area contributed by atoms with Gasteiger partial charge in [0.15, 0.2) is 0 Å². The molecule has 0 aromatic rings. The van der Waals surface area contributed by atoms with Crippen molar-refractivity contribution in [3.63, 3.8) is 0 Å². The molecule has 3 rings (SSSR count). The zero-order chi connectivity index (χ0) is 14.9. The molecule has 0 radical (unpaired) electrons. The molecule has 3 atom stereocenters. The lowest BCUT2D eigenvalue weighted by Crippen LogP contribution is -2.60. The summed E-state index contributed by atoms with van der Waals surface area (Å²) >= 11 is 0. The minimum absolute atomic E-state index is 0.0578. The predicted octanol–water partition coefficient (Wildman–Crippen LogP) is 1.38. The van der Waals surface area contributed by atoms with E-state index in [9.17, 15) is 9.59 Å². The summed E-state index contributed by atoms with van der Waals surface area (Å²) in [6.07, 6.45) is 9.38. The van der Waals surface area contributed by atoms with Gasteiger partial charge in [-0.15, -0.1) is 0 Å². The van der Waals surface area contributed by atoms with Crippen molar-refractivity contribution >= 4 is 11.9 Å². The van der Waals surface area contributed by atoms with Gasteiger partial charge < -0.3 is 15.0 Å². The molecule has 5 nitrogen and oxygen atoms in total. The third-order valence-corrected chi connectivity index (χ3v) is 4.85. The summed E-state index contributed by atoms with van der Waals surface area (Å²) < 4.78 is 5.34. The highest BCUT2D eigenvalue weighted by Gasteiger charge is 2.51. The summed E-state index contributed by atoms with van der Waals surface area (Å²) in [5, 5.41) is 3.32. The zero-order valence-corrected chi connectivity index (χ0v) is 12.6. The molecule has 0 saturated carbocycles. The Kier molecular flexibility index (Phi) is 4.02. The summed E-state index contributed by atoms with van der Waals surface area (Å²) in [6, 6.07) is -0.335.